The van der Waals surface area contributed by atoms with Crippen LogP contribution in [0.3, 0.4) is 0 Å². The van der Waals surface area contributed by atoms with E-state index < -0.39 is 16.1 Å². The van der Waals surface area contributed by atoms with E-state index in [1.165, 1.54) is 4.82 Å². The zero-order valence-electron chi connectivity index (χ0n) is 11.2. The van der Waals surface area contributed by atoms with Crippen LogP contribution in [-0.2, 0) is 9.59 Å². The number of hydrogen-bond acceptors (Lipinski definition) is 2. The number of hydrogen-bond donors (Lipinski definition) is 0. The third-order valence-corrected chi connectivity index (χ3v) is 10.9. The van der Waals surface area contributed by atoms with Gasteiger partial charge in [-0.1, -0.05) is 44.1 Å². The van der Waals surface area contributed by atoms with Gasteiger partial charge >= 0.3 is 0 Å². The topological polar surface area (TPSA) is 34.1 Å². The summed E-state index contributed by atoms with van der Waals surface area (Å²) in [6, 6.07) is 0. The smallest absolute Gasteiger partial charge is 0.166 e. The Kier molecular flexibility index (Phi) is 3.46. The summed E-state index contributed by atoms with van der Waals surface area (Å²) in [5.41, 5.74) is 0.610. The molecule has 0 atom stereocenters. The lowest BCUT2D eigenvalue weighted by atomic mass is 10.2. The normalized spacial score (nSPS) is 18.2. The minimum atomic E-state index is -1.57. The Labute approximate surface area is 100 Å². The Morgan fingerprint density at radius 3 is 1.38 bits per heavy atom. The fourth-order valence-electron chi connectivity index (χ4n) is 2.79. The van der Waals surface area contributed by atoms with Crippen molar-refractivity contribution in [1.82, 2.24) is 0 Å². The van der Waals surface area contributed by atoms with Gasteiger partial charge in [0.05, 0.1) is 21.7 Å². The second-order valence-corrected chi connectivity index (χ2v) is 17.1. The standard InChI is InChI=1S/C12H22O2Si2/c1-15(2,3)12(16(4,5)6)11-9(13)7-8-10(11)14/h7-8H2,1-6H3. The molecule has 0 radical (unpaired) electrons. The van der Waals surface area contributed by atoms with Gasteiger partial charge in [-0.25, -0.2) is 0 Å². The van der Waals surface area contributed by atoms with Crippen molar-refractivity contribution in [3.05, 3.63) is 10.4 Å². The Bertz CT molecular complexity index is 333. The number of ketones is 2. The van der Waals surface area contributed by atoms with Crippen molar-refractivity contribution >= 4 is 27.7 Å². The summed E-state index contributed by atoms with van der Waals surface area (Å²) in [6.45, 7) is 13.5. The van der Waals surface area contributed by atoms with Crippen molar-refractivity contribution in [3.63, 3.8) is 0 Å². The van der Waals surface area contributed by atoms with Crippen molar-refractivity contribution in [2.75, 3.05) is 0 Å². The maximum Gasteiger partial charge on any atom is 0.166 e. The summed E-state index contributed by atoms with van der Waals surface area (Å²) in [5, 5.41) is 0. The van der Waals surface area contributed by atoms with Crippen LogP contribution in [0.4, 0.5) is 0 Å². The average molecular weight is 254 g/mol. The van der Waals surface area contributed by atoms with Gasteiger partial charge in [-0.2, -0.15) is 0 Å². The largest absolute Gasteiger partial charge is 0.294 e. The Hall–Kier alpha value is -0.486. The van der Waals surface area contributed by atoms with Crippen molar-refractivity contribution in [2.45, 2.75) is 52.1 Å². The predicted octanol–water partition coefficient (Wildman–Crippen LogP) is 2.97. The summed E-state index contributed by atoms with van der Waals surface area (Å²) in [6.07, 6.45) is 0.874. The fourth-order valence-corrected chi connectivity index (χ4v) is 13.8. The number of rotatable bonds is 2. The third-order valence-electron chi connectivity index (χ3n) is 2.89. The molecule has 2 nitrogen and oxygen atoms in total. The number of allylic oxidation sites excluding steroid dienone is 1. The van der Waals surface area contributed by atoms with Crippen LogP contribution in [0.1, 0.15) is 12.8 Å². The van der Waals surface area contributed by atoms with Gasteiger partial charge in [-0.05, 0) is 0 Å². The molecule has 1 rings (SSSR count). The van der Waals surface area contributed by atoms with Crippen molar-refractivity contribution < 1.29 is 9.59 Å². The van der Waals surface area contributed by atoms with Crippen LogP contribution in [0.25, 0.3) is 0 Å². The number of carbonyl (C=O) groups excluding carboxylic acids is 2. The van der Waals surface area contributed by atoms with E-state index in [4.69, 9.17) is 0 Å². The van der Waals surface area contributed by atoms with Crippen LogP contribution < -0.4 is 0 Å². The van der Waals surface area contributed by atoms with E-state index in [1.54, 1.807) is 0 Å². The van der Waals surface area contributed by atoms with Crippen LogP contribution in [0.5, 0.6) is 0 Å². The molecule has 1 aliphatic rings. The molecule has 0 saturated heterocycles. The molecule has 90 valence electrons. The highest BCUT2D eigenvalue weighted by atomic mass is 28.4. The van der Waals surface area contributed by atoms with Gasteiger partial charge in [0.1, 0.15) is 0 Å². The highest BCUT2D eigenvalue weighted by Crippen LogP contribution is 2.32. The number of Topliss-reactive ketones (excluding diaryl/α,β-unsaturated/α-hetero) is 2. The van der Waals surface area contributed by atoms with E-state index in [-0.39, 0.29) is 11.6 Å². The molecule has 0 unspecified atom stereocenters. The van der Waals surface area contributed by atoms with Gasteiger partial charge < -0.3 is 0 Å². The van der Waals surface area contributed by atoms with E-state index in [0.29, 0.717) is 18.4 Å². The first-order valence-corrected chi connectivity index (χ1v) is 12.9. The molecule has 1 fully saturated rings. The molecule has 0 aliphatic heterocycles. The first kappa shape index (κ1) is 13.6. The van der Waals surface area contributed by atoms with Crippen LogP contribution in [-0.4, -0.2) is 27.7 Å². The molecule has 0 bridgehead atoms. The Balaban J connectivity index is 3.47. The van der Waals surface area contributed by atoms with Crippen LogP contribution >= 0.6 is 0 Å². The Morgan fingerprint density at radius 2 is 1.12 bits per heavy atom. The lowest BCUT2D eigenvalue weighted by Gasteiger charge is -2.32. The summed E-state index contributed by atoms with van der Waals surface area (Å²) in [5.74, 6) is 0.203. The summed E-state index contributed by atoms with van der Waals surface area (Å²) in [7, 11) is -3.14. The SMILES string of the molecule is C[Si](C)(C)C(=C1C(=O)CCC1=O)[Si](C)(C)C. The second-order valence-electron chi connectivity index (χ2n) is 6.60. The van der Waals surface area contributed by atoms with E-state index in [0.717, 1.165) is 0 Å². The highest BCUT2D eigenvalue weighted by molar-refractivity contribution is 7.05. The first-order chi connectivity index (χ1) is 7.05. The molecule has 16 heavy (non-hydrogen) atoms. The van der Waals surface area contributed by atoms with Gasteiger partial charge in [0.25, 0.3) is 0 Å². The van der Waals surface area contributed by atoms with Gasteiger partial charge in [0.15, 0.2) is 11.6 Å². The van der Waals surface area contributed by atoms with Gasteiger partial charge in [0, 0.05) is 12.8 Å². The molecule has 1 aliphatic carbocycles. The first-order valence-electron chi connectivity index (χ1n) is 5.87. The molecule has 0 heterocycles. The van der Waals surface area contributed by atoms with Gasteiger partial charge in [-0.15, -0.1) is 0 Å². The predicted molar refractivity (Wildman–Crippen MR) is 73.0 cm³/mol. The van der Waals surface area contributed by atoms with Crippen molar-refractivity contribution in [2.24, 2.45) is 0 Å². The molecule has 1 saturated carbocycles. The van der Waals surface area contributed by atoms with Crippen molar-refractivity contribution in [3.8, 4) is 0 Å². The lowest BCUT2D eigenvalue weighted by molar-refractivity contribution is -0.116. The van der Waals surface area contributed by atoms with Crippen LogP contribution in [0.2, 0.25) is 39.3 Å². The maximum atomic E-state index is 11.9. The summed E-state index contributed by atoms with van der Waals surface area (Å²) < 4.78 is 0. The molecule has 0 amide bonds. The average Bonchev–Trinajstić information content (AvgIpc) is 2.30. The molecule has 0 aromatic rings. The van der Waals surface area contributed by atoms with E-state index in [1.807, 2.05) is 0 Å². The van der Waals surface area contributed by atoms with Gasteiger partial charge in [0.2, 0.25) is 0 Å². The van der Waals surface area contributed by atoms with E-state index in [2.05, 4.69) is 39.3 Å². The molecule has 0 aromatic heterocycles. The third kappa shape index (κ3) is 2.60. The number of carbonyl (C=O) groups is 2. The van der Waals surface area contributed by atoms with Crippen LogP contribution in [0, 0.1) is 0 Å². The van der Waals surface area contributed by atoms with Crippen molar-refractivity contribution in [1.29, 1.82) is 0 Å². The van der Waals surface area contributed by atoms with Gasteiger partial charge in [-0.3, -0.25) is 9.59 Å². The molecular formula is C12H22O2Si2. The van der Waals surface area contributed by atoms with E-state index >= 15 is 0 Å². The minimum absolute atomic E-state index is 0.102. The Morgan fingerprint density at radius 1 is 0.812 bits per heavy atom. The van der Waals surface area contributed by atoms with Crippen LogP contribution in [0.15, 0.2) is 10.4 Å². The molecule has 0 spiro atoms. The summed E-state index contributed by atoms with van der Waals surface area (Å²) in [4.78, 5) is 25.1. The summed E-state index contributed by atoms with van der Waals surface area (Å²) >= 11 is 0. The molecular weight excluding hydrogens is 232 g/mol. The zero-order valence-corrected chi connectivity index (χ0v) is 13.2. The second kappa shape index (κ2) is 4.07. The highest BCUT2D eigenvalue weighted by Gasteiger charge is 2.39. The maximum absolute atomic E-state index is 11.9. The fraction of sp³-hybridized carbons (Fsp3) is 0.667. The molecule has 4 heteroatoms. The molecule has 0 aromatic carbocycles. The van der Waals surface area contributed by atoms with E-state index in [9.17, 15) is 9.59 Å². The monoisotopic (exact) mass is 254 g/mol. The quantitative estimate of drug-likeness (QED) is 0.431. The zero-order chi connectivity index (χ0) is 12.7. The minimum Gasteiger partial charge on any atom is -0.294 e. The molecule has 0 N–H and O–H groups in total. The lowest BCUT2D eigenvalue weighted by Crippen LogP contribution is -2.42.